The topological polar surface area (TPSA) is 117 Å². The number of aromatic amines is 1. The molecule has 1 saturated heterocycles. The summed E-state index contributed by atoms with van der Waals surface area (Å²) in [6.45, 7) is 6.95. The van der Waals surface area contributed by atoms with Gasteiger partial charge in [0.2, 0.25) is 5.95 Å². The van der Waals surface area contributed by atoms with Crippen molar-refractivity contribution in [1.82, 2.24) is 24.4 Å². The molecular formula is C15H25N7O2. The zero-order valence-corrected chi connectivity index (χ0v) is 13.9. The third kappa shape index (κ3) is 3.42. The summed E-state index contributed by atoms with van der Waals surface area (Å²) in [7, 11) is 0. The second-order valence-electron chi connectivity index (χ2n) is 6.17. The first kappa shape index (κ1) is 16.9. The Bertz CT molecular complexity index is 733. The van der Waals surface area contributed by atoms with E-state index in [1.54, 1.807) is 4.57 Å². The number of aromatic nitrogens is 4. The summed E-state index contributed by atoms with van der Waals surface area (Å²) in [4.78, 5) is 16.5. The van der Waals surface area contributed by atoms with Gasteiger partial charge in [0, 0.05) is 26.2 Å². The molecule has 0 unspecified atom stereocenters. The molecule has 1 atom stereocenters. The van der Waals surface area contributed by atoms with Gasteiger partial charge in [0.15, 0.2) is 11.1 Å². The molecule has 3 rings (SSSR count). The second kappa shape index (κ2) is 7.29. The van der Waals surface area contributed by atoms with Crippen LogP contribution in [0.4, 0.5) is 5.95 Å². The van der Waals surface area contributed by atoms with E-state index < -0.39 is 6.10 Å². The van der Waals surface area contributed by atoms with Crippen LogP contribution >= 0.6 is 0 Å². The van der Waals surface area contributed by atoms with Gasteiger partial charge in [0.25, 0.3) is 0 Å². The zero-order valence-electron chi connectivity index (χ0n) is 13.9. The number of imidazole rings is 1. The maximum Gasteiger partial charge on any atom is 0.205 e. The highest BCUT2D eigenvalue weighted by molar-refractivity contribution is 5.72. The first-order valence-corrected chi connectivity index (χ1v) is 8.38. The Morgan fingerprint density at radius 1 is 1.33 bits per heavy atom. The van der Waals surface area contributed by atoms with E-state index in [1.807, 2.05) is 0 Å². The van der Waals surface area contributed by atoms with Crippen LogP contribution in [0.3, 0.4) is 0 Å². The monoisotopic (exact) mass is 335 g/mol. The fourth-order valence-electron chi connectivity index (χ4n) is 3.04. The van der Waals surface area contributed by atoms with E-state index in [1.165, 1.54) is 6.33 Å². The first-order valence-electron chi connectivity index (χ1n) is 8.38. The third-order valence-corrected chi connectivity index (χ3v) is 4.34. The van der Waals surface area contributed by atoms with Gasteiger partial charge >= 0.3 is 0 Å². The molecule has 0 bridgehead atoms. The number of aliphatic hydroxyl groups is 2. The zero-order chi connectivity index (χ0) is 17.1. The Morgan fingerprint density at radius 2 is 2.08 bits per heavy atom. The van der Waals surface area contributed by atoms with Crippen molar-refractivity contribution in [2.24, 2.45) is 0 Å². The van der Waals surface area contributed by atoms with Crippen LogP contribution in [0.25, 0.3) is 11.2 Å². The van der Waals surface area contributed by atoms with Crippen LogP contribution in [0.2, 0.25) is 0 Å². The number of nitrogens with one attached hydrogen (secondary N) is 2. The van der Waals surface area contributed by atoms with Gasteiger partial charge in [-0.1, -0.05) is 6.92 Å². The van der Waals surface area contributed by atoms with Crippen molar-refractivity contribution in [1.29, 1.82) is 5.41 Å². The number of hydrogen-bond acceptors (Lipinski definition) is 7. The van der Waals surface area contributed by atoms with Crippen LogP contribution in [-0.4, -0.2) is 80.1 Å². The van der Waals surface area contributed by atoms with E-state index in [4.69, 9.17) is 10.5 Å². The Hall–Kier alpha value is -1.97. The molecule has 1 aliphatic rings. The molecular weight excluding hydrogens is 310 g/mol. The van der Waals surface area contributed by atoms with Gasteiger partial charge in [0.1, 0.15) is 5.52 Å². The van der Waals surface area contributed by atoms with Gasteiger partial charge in [-0.15, -0.1) is 0 Å². The van der Waals surface area contributed by atoms with Gasteiger partial charge < -0.3 is 24.7 Å². The van der Waals surface area contributed by atoms with Gasteiger partial charge in [-0.3, -0.25) is 10.3 Å². The van der Waals surface area contributed by atoms with E-state index in [-0.39, 0.29) is 18.6 Å². The summed E-state index contributed by atoms with van der Waals surface area (Å²) in [5.74, 6) is 0.731. The Balaban J connectivity index is 1.84. The van der Waals surface area contributed by atoms with Crippen LogP contribution in [0.5, 0.6) is 0 Å². The minimum atomic E-state index is -0.880. The Labute approximate surface area is 140 Å². The lowest BCUT2D eigenvalue weighted by Gasteiger charge is -2.34. The van der Waals surface area contributed by atoms with E-state index in [9.17, 15) is 5.11 Å². The number of nitrogens with zero attached hydrogens (tertiary/aromatic N) is 5. The lowest BCUT2D eigenvalue weighted by Crippen LogP contribution is -2.46. The summed E-state index contributed by atoms with van der Waals surface area (Å²) in [5, 5.41) is 26.7. The van der Waals surface area contributed by atoms with Gasteiger partial charge in [-0.25, -0.2) is 4.98 Å². The number of fused-ring (bicyclic) bond motifs is 1. The summed E-state index contributed by atoms with van der Waals surface area (Å²) < 4.78 is 1.67. The summed E-state index contributed by atoms with van der Waals surface area (Å²) >= 11 is 0. The average Bonchev–Trinajstić information content (AvgIpc) is 3.05. The fourth-order valence-corrected chi connectivity index (χ4v) is 3.04. The summed E-state index contributed by atoms with van der Waals surface area (Å²) in [6, 6.07) is 0. The normalized spacial score (nSPS) is 17.5. The van der Waals surface area contributed by atoms with Gasteiger partial charge in [0.05, 0.1) is 25.6 Å². The van der Waals surface area contributed by atoms with Crippen molar-refractivity contribution < 1.29 is 10.2 Å². The maximum absolute atomic E-state index is 9.68. The fraction of sp³-hybridized carbons (Fsp3) is 0.667. The van der Waals surface area contributed by atoms with Crippen molar-refractivity contribution in [3.05, 3.63) is 11.8 Å². The van der Waals surface area contributed by atoms with E-state index in [0.717, 1.165) is 45.1 Å². The molecule has 24 heavy (non-hydrogen) atoms. The number of rotatable bonds is 6. The molecule has 2 aromatic heterocycles. The average molecular weight is 335 g/mol. The van der Waals surface area contributed by atoms with Crippen LogP contribution < -0.4 is 10.4 Å². The summed E-state index contributed by atoms with van der Waals surface area (Å²) in [5.41, 5.74) is 1.25. The molecule has 9 heteroatoms. The molecule has 1 aliphatic heterocycles. The SMILES string of the molecule is CCCN1CCN(c2nc3c([nH]2)c(=N)ncn3C[C@@H](O)CO)CC1. The standard InChI is InChI=1S/C15H25N7O2/c1-2-3-20-4-6-21(7-5-20)15-18-12-13(16)17-10-22(14(12)19-15)8-11(24)9-23/h10-11,16,23-24H,2-9H2,1H3,(H,18,19)/t11-/m1/s1. The van der Waals surface area contributed by atoms with Crippen molar-refractivity contribution in [3.63, 3.8) is 0 Å². The minimum Gasteiger partial charge on any atom is -0.394 e. The molecule has 3 heterocycles. The molecule has 0 aromatic carbocycles. The number of anilines is 1. The highest BCUT2D eigenvalue weighted by Crippen LogP contribution is 2.16. The molecule has 2 aromatic rings. The third-order valence-electron chi connectivity index (χ3n) is 4.34. The maximum atomic E-state index is 9.68. The molecule has 0 amide bonds. The van der Waals surface area contributed by atoms with Gasteiger partial charge in [-0.05, 0) is 13.0 Å². The Morgan fingerprint density at radius 3 is 2.75 bits per heavy atom. The predicted octanol–water partition coefficient (Wildman–Crippen LogP) is -0.876. The minimum absolute atomic E-state index is 0.128. The molecule has 0 saturated carbocycles. The molecule has 0 aliphatic carbocycles. The van der Waals surface area contributed by atoms with E-state index in [0.29, 0.717) is 11.2 Å². The Kier molecular flexibility index (Phi) is 5.12. The number of aliphatic hydroxyl groups excluding tert-OH is 2. The number of hydrogen-bond donors (Lipinski definition) is 4. The smallest absolute Gasteiger partial charge is 0.205 e. The number of H-pyrrole nitrogens is 1. The highest BCUT2D eigenvalue weighted by atomic mass is 16.3. The van der Waals surface area contributed by atoms with Crippen LogP contribution in [-0.2, 0) is 6.54 Å². The highest BCUT2D eigenvalue weighted by Gasteiger charge is 2.20. The number of piperazine rings is 1. The second-order valence-corrected chi connectivity index (χ2v) is 6.17. The van der Waals surface area contributed by atoms with Gasteiger partial charge in [-0.2, -0.15) is 4.98 Å². The van der Waals surface area contributed by atoms with Crippen LogP contribution in [0.15, 0.2) is 6.33 Å². The van der Waals surface area contributed by atoms with Crippen molar-refractivity contribution >= 4 is 17.1 Å². The predicted molar refractivity (Wildman–Crippen MR) is 89.8 cm³/mol. The van der Waals surface area contributed by atoms with E-state index >= 15 is 0 Å². The van der Waals surface area contributed by atoms with E-state index in [2.05, 4.69) is 31.7 Å². The summed E-state index contributed by atoms with van der Waals surface area (Å²) in [6.07, 6.45) is 1.76. The lowest BCUT2D eigenvalue weighted by molar-refractivity contribution is 0.0817. The lowest BCUT2D eigenvalue weighted by atomic mass is 10.3. The first-order chi connectivity index (χ1) is 11.6. The molecule has 9 nitrogen and oxygen atoms in total. The molecule has 1 fully saturated rings. The largest absolute Gasteiger partial charge is 0.394 e. The van der Waals surface area contributed by atoms with Crippen LogP contribution in [0, 0.1) is 5.41 Å². The molecule has 4 N–H and O–H groups in total. The van der Waals surface area contributed by atoms with Crippen molar-refractivity contribution in [3.8, 4) is 0 Å². The van der Waals surface area contributed by atoms with Crippen LogP contribution in [0.1, 0.15) is 13.3 Å². The van der Waals surface area contributed by atoms with Crippen molar-refractivity contribution in [2.45, 2.75) is 26.0 Å². The molecule has 0 spiro atoms. The van der Waals surface area contributed by atoms with Crippen molar-refractivity contribution in [2.75, 3.05) is 44.2 Å². The molecule has 0 radical (unpaired) electrons. The quantitative estimate of drug-likeness (QED) is 0.545. The molecule has 132 valence electrons.